The highest BCUT2D eigenvalue weighted by Crippen LogP contribution is 2.22. The van der Waals surface area contributed by atoms with Crippen LogP contribution in [0.4, 0.5) is 0 Å². The Bertz CT molecular complexity index is 863. The number of morpholine rings is 1. The highest BCUT2D eigenvalue weighted by atomic mass is 16.5. The molecule has 1 atom stereocenters. The Morgan fingerprint density at radius 3 is 2.81 bits per heavy atom. The Labute approximate surface area is 158 Å². The second-order valence-electron chi connectivity index (χ2n) is 7.28. The molecule has 27 heavy (non-hydrogen) atoms. The Hall–Kier alpha value is -2.47. The maximum atomic E-state index is 12.8. The lowest BCUT2D eigenvalue weighted by Gasteiger charge is -2.33. The van der Waals surface area contributed by atoms with Gasteiger partial charge in [0.2, 0.25) is 5.91 Å². The lowest BCUT2D eigenvalue weighted by atomic mass is 10.1. The molecule has 0 N–H and O–H groups in total. The van der Waals surface area contributed by atoms with E-state index < -0.39 is 0 Å². The lowest BCUT2D eigenvalue weighted by Crippen LogP contribution is -2.45. The molecular weight excluding hydrogens is 342 g/mol. The molecule has 1 aromatic heterocycles. The molecule has 1 aliphatic carbocycles. The van der Waals surface area contributed by atoms with Crippen molar-refractivity contribution < 1.29 is 9.53 Å². The van der Waals surface area contributed by atoms with E-state index in [-0.39, 0.29) is 24.1 Å². The first-order valence-electron chi connectivity index (χ1n) is 9.75. The number of aryl methyl sites for hydroxylation is 2. The van der Waals surface area contributed by atoms with Gasteiger partial charge in [0.05, 0.1) is 18.8 Å². The van der Waals surface area contributed by atoms with Gasteiger partial charge in [-0.15, -0.1) is 0 Å². The van der Waals surface area contributed by atoms with E-state index >= 15 is 0 Å². The number of rotatable bonds is 3. The van der Waals surface area contributed by atoms with Crippen LogP contribution >= 0.6 is 0 Å². The second-order valence-corrected chi connectivity index (χ2v) is 7.28. The van der Waals surface area contributed by atoms with Crippen molar-refractivity contribution in [3.05, 3.63) is 63.6 Å². The van der Waals surface area contributed by atoms with Crippen molar-refractivity contribution in [3.8, 4) is 0 Å². The number of carbonyl (C=O) groups excluding carboxylic acids is 1. The van der Waals surface area contributed by atoms with Gasteiger partial charge in [-0.1, -0.05) is 36.8 Å². The number of hydrogen-bond acceptors (Lipinski definition) is 4. The summed E-state index contributed by atoms with van der Waals surface area (Å²) in [5.41, 5.74) is 2.91. The van der Waals surface area contributed by atoms with Gasteiger partial charge in [0.25, 0.3) is 5.56 Å². The van der Waals surface area contributed by atoms with Crippen molar-refractivity contribution in [2.24, 2.45) is 0 Å². The third-order valence-corrected chi connectivity index (χ3v) is 5.40. The molecule has 2 aliphatic rings. The number of aromatic nitrogens is 2. The summed E-state index contributed by atoms with van der Waals surface area (Å²) in [6, 6.07) is 11.6. The number of benzene rings is 1. The normalized spacial score (nSPS) is 20.0. The van der Waals surface area contributed by atoms with Crippen LogP contribution in [-0.4, -0.2) is 40.3 Å². The third-order valence-electron chi connectivity index (χ3n) is 5.40. The van der Waals surface area contributed by atoms with Crippen molar-refractivity contribution in [1.82, 2.24) is 14.7 Å². The van der Waals surface area contributed by atoms with Gasteiger partial charge in [-0.3, -0.25) is 9.59 Å². The summed E-state index contributed by atoms with van der Waals surface area (Å²) in [7, 11) is 0. The highest BCUT2D eigenvalue weighted by molar-refractivity contribution is 5.76. The van der Waals surface area contributed by atoms with Crippen molar-refractivity contribution in [1.29, 1.82) is 0 Å². The van der Waals surface area contributed by atoms with Crippen LogP contribution in [0.25, 0.3) is 0 Å². The van der Waals surface area contributed by atoms with E-state index in [0.29, 0.717) is 19.7 Å². The van der Waals surface area contributed by atoms with Crippen molar-refractivity contribution in [3.63, 3.8) is 0 Å². The van der Waals surface area contributed by atoms with Gasteiger partial charge in [-0.2, -0.15) is 5.10 Å². The molecule has 1 unspecified atom stereocenters. The molecule has 6 nitrogen and oxygen atoms in total. The van der Waals surface area contributed by atoms with Gasteiger partial charge in [0.1, 0.15) is 12.6 Å². The van der Waals surface area contributed by atoms with E-state index in [0.717, 1.165) is 48.9 Å². The minimum atomic E-state index is -0.183. The molecule has 2 heterocycles. The number of ether oxygens (including phenoxy) is 1. The van der Waals surface area contributed by atoms with Crippen LogP contribution in [0.1, 0.15) is 42.2 Å². The van der Waals surface area contributed by atoms with Crippen LogP contribution in [0, 0.1) is 0 Å². The Kier molecular flexibility index (Phi) is 5.34. The average molecular weight is 367 g/mol. The fourth-order valence-corrected chi connectivity index (χ4v) is 3.86. The van der Waals surface area contributed by atoms with Crippen LogP contribution in [0.2, 0.25) is 0 Å². The van der Waals surface area contributed by atoms with Crippen molar-refractivity contribution in [2.45, 2.75) is 44.8 Å². The number of amides is 1. The van der Waals surface area contributed by atoms with Crippen molar-refractivity contribution >= 4 is 5.91 Å². The zero-order valence-electron chi connectivity index (χ0n) is 15.5. The average Bonchev–Trinajstić information content (AvgIpc) is 2.94. The fraction of sp³-hybridized carbons (Fsp3) is 0.476. The number of carbonyl (C=O) groups is 1. The second kappa shape index (κ2) is 8.05. The Balaban J connectivity index is 1.47. The van der Waals surface area contributed by atoms with Crippen LogP contribution in [0.15, 0.2) is 41.2 Å². The molecule has 4 rings (SSSR count). The lowest BCUT2D eigenvalue weighted by molar-refractivity contribution is -0.140. The molecule has 1 aliphatic heterocycles. The maximum Gasteiger partial charge on any atom is 0.267 e. The summed E-state index contributed by atoms with van der Waals surface area (Å²) < 4.78 is 7.16. The molecule has 142 valence electrons. The summed E-state index contributed by atoms with van der Waals surface area (Å²) in [6.45, 7) is 1.54. The van der Waals surface area contributed by atoms with Crippen LogP contribution in [0.3, 0.4) is 0 Å². The van der Waals surface area contributed by atoms with Crippen molar-refractivity contribution in [2.75, 3.05) is 19.7 Å². The Morgan fingerprint density at radius 2 is 1.96 bits per heavy atom. The van der Waals surface area contributed by atoms with E-state index in [1.165, 1.54) is 4.68 Å². The van der Waals surface area contributed by atoms with Gasteiger partial charge >= 0.3 is 0 Å². The van der Waals surface area contributed by atoms with Crippen LogP contribution in [-0.2, 0) is 28.9 Å². The molecule has 1 aromatic carbocycles. The molecule has 0 radical (unpaired) electrons. The van der Waals surface area contributed by atoms with E-state index in [9.17, 15) is 9.59 Å². The zero-order chi connectivity index (χ0) is 18.6. The van der Waals surface area contributed by atoms with Crippen LogP contribution < -0.4 is 5.56 Å². The molecule has 6 heteroatoms. The number of hydrogen-bond donors (Lipinski definition) is 0. The zero-order valence-corrected chi connectivity index (χ0v) is 15.5. The predicted octanol–water partition coefficient (Wildman–Crippen LogP) is 2.11. The standard InChI is InChI=1S/C21H25N3O3/c25-20-13-17-9-5-2-6-10-18(17)22-24(20)15-21(26)23-11-12-27-19(14-23)16-7-3-1-4-8-16/h1,3-4,7-8,13,19H,2,5-6,9-12,14-15H2. The topological polar surface area (TPSA) is 64.4 Å². The Morgan fingerprint density at radius 1 is 1.15 bits per heavy atom. The molecule has 2 aromatic rings. The summed E-state index contributed by atoms with van der Waals surface area (Å²) in [5, 5.41) is 4.51. The first-order chi connectivity index (χ1) is 13.2. The largest absolute Gasteiger partial charge is 0.370 e. The van der Waals surface area contributed by atoms with Gasteiger partial charge in [-0.05, 0) is 36.8 Å². The molecule has 0 spiro atoms. The van der Waals surface area contributed by atoms with Crippen LogP contribution in [0.5, 0.6) is 0 Å². The SMILES string of the molecule is O=C(Cn1nc2c(cc1=O)CCCCC2)N1CCOC(c2ccccc2)C1. The monoisotopic (exact) mass is 367 g/mol. The smallest absolute Gasteiger partial charge is 0.267 e. The van der Waals surface area contributed by atoms with Gasteiger partial charge < -0.3 is 9.64 Å². The minimum absolute atomic E-state index is 0.00633. The van der Waals surface area contributed by atoms with Gasteiger partial charge in [0, 0.05) is 12.6 Å². The number of nitrogens with zero attached hydrogens (tertiary/aromatic N) is 3. The summed E-state index contributed by atoms with van der Waals surface area (Å²) in [6.07, 6.45) is 5.03. The minimum Gasteiger partial charge on any atom is -0.370 e. The first-order valence-corrected chi connectivity index (χ1v) is 9.75. The summed E-state index contributed by atoms with van der Waals surface area (Å²) in [5.74, 6) is -0.0811. The summed E-state index contributed by atoms with van der Waals surface area (Å²) in [4.78, 5) is 27.0. The third kappa shape index (κ3) is 4.11. The molecular formula is C21H25N3O3. The quantitative estimate of drug-likeness (QED) is 0.780. The fourth-order valence-electron chi connectivity index (χ4n) is 3.86. The molecule has 0 saturated carbocycles. The van der Waals surface area contributed by atoms with E-state index in [2.05, 4.69) is 5.10 Å². The summed E-state index contributed by atoms with van der Waals surface area (Å²) >= 11 is 0. The van der Waals surface area contributed by atoms with Gasteiger partial charge in [-0.25, -0.2) is 4.68 Å². The van der Waals surface area contributed by atoms with E-state index in [4.69, 9.17) is 4.74 Å². The molecule has 1 fully saturated rings. The first kappa shape index (κ1) is 17.9. The highest BCUT2D eigenvalue weighted by Gasteiger charge is 2.26. The molecule has 1 amide bonds. The number of fused-ring (bicyclic) bond motifs is 1. The molecule has 1 saturated heterocycles. The van der Waals surface area contributed by atoms with E-state index in [1.807, 2.05) is 30.3 Å². The maximum absolute atomic E-state index is 12.8. The van der Waals surface area contributed by atoms with Gasteiger partial charge in [0.15, 0.2) is 0 Å². The van der Waals surface area contributed by atoms with E-state index in [1.54, 1.807) is 11.0 Å². The molecule has 0 bridgehead atoms. The predicted molar refractivity (Wildman–Crippen MR) is 101 cm³/mol.